The van der Waals surface area contributed by atoms with Crippen molar-refractivity contribution in [3.63, 3.8) is 0 Å². The molecule has 0 spiro atoms. The molecule has 4 heterocycles. The Balaban J connectivity index is 1.30. The van der Waals surface area contributed by atoms with Crippen LogP contribution in [0.4, 0.5) is 0 Å². The Morgan fingerprint density at radius 3 is 2.65 bits per heavy atom. The number of nitrogens with zero attached hydrogens (tertiary/aromatic N) is 8. The SMILES string of the molecule is Cn1c(=O)n(CC(C)(C)C)c2ccc(-c3cc(CN4CCn5nc(C6CC6)nc5C4)ccc3C#N)nc21. The molecule has 6 rings (SSSR count). The molecule has 0 radical (unpaired) electrons. The first-order chi connectivity index (χ1) is 17.7. The van der Waals surface area contributed by atoms with E-state index in [2.05, 4.69) is 42.5 Å². The summed E-state index contributed by atoms with van der Waals surface area (Å²) < 4.78 is 5.45. The average Bonchev–Trinajstić information content (AvgIpc) is 3.60. The Morgan fingerprint density at radius 1 is 1.11 bits per heavy atom. The number of hydrogen-bond acceptors (Lipinski definition) is 6. The largest absolute Gasteiger partial charge is 0.330 e. The summed E-state index contributed by atoms with van der Waals surface area (Å²) in [7, 11) is 1.76. The van der Waals surface area contributed by atoms with E-state index >= 15 is 0 Å². The number of imidazole rings is 1. The smallest absolute Gasteiger partial charge is 0.290 e. The Labute approximate surface area is 216 Å². The molecule has 0 amide bonds. The lowest BCUT2D eigenvalue weighted by Crippen LogP contribution is -2.33. The van der Waals surface area contributed by atoms with E-state index in [9.17, 15) is 10.1 Å². The first-order valence-electron chi connectivity index (χ1n) is 13.0. The van der Waals surface area contributed by atoms with E-state index in [0.29, 0.717) is 29.4 Å². The average molecular weight is 497 g/mol. The molecule has 1 fully saturated rings. The molecule has 0 unspecified atom stereocenters. The monoisotopic (exact) mass is 496 g/mol. The number of pyridine rings is 1. The maximum absolute atomic E-state index is 13.0. The van der Waals surface area contributed by atoms with Crippen molar-refractivity contribution >= 4 is 11.2 Å². The van der Waals surface area contributed by atoms with Gasteiger partial charge in [-0.25, -0.2) is 19.4 Å². The second-order valence-electron chi connectivity index (χ2n) is 11.6. The molecule has 0 N–H and O–H groups in total. The zero-order chi connectivity index (χ0) is 25.9. The third-order valence-corrected chi connectivity index (χ3v) is 7.20. The summed E-state index contributed by atoms with van der Waals surface area (Å²) in [5.74, 6) is 2.60. The minimum absolute atomic E-state index is 0.0414. The van der Waals surface area contributed by atoms with Gasteiger partial charge in [0.05, 0.1) is 35.9 Å². The lowest BCUT2D eigenvalue weighted by Gasteiger charge is -2.26. The van der Waals surface area contributed by atoms with Crippen molar-refractivity contribution in [3.8, 4) is 17.3 Å². The van der Waals surface area contributed by atoms with Crippen LogP contribution < -0.4 is 5.69 Å². The minimum Gasteiger partial charge on any atom is -0.290 e. The van der Waals surface area contributed by atoms with Crippen LogP contribution in [0.5, 0.6) is 0 Å². The highest BCUT2D eigenvalue weighted by Crippen LogP contribution is 2.38. The van der Waals surface area contributed by atoms with Gasteiger partial charge in [0.25, 0.3) is 0 Å². The van der Waals surface area contributed by atoms with Crippen molar-refractivity contribution in [2.24, 2.45) is 12.5 Å². The number of fused-ring (bicyclic) bond motifs is 2. The molecule has 0 saturated heterocycles. The van der Waals surface area contributed by atoms with Crippen LogP contribution in [0, 0.1) is 16.7 Å². The quantitative estimate of drug-likeness (QED) is 0.417. The van der Waals surface area contributed by atoms with Crippen molar-refractivity contribution in [1.82, 2.24) is 33.8 Å². The van der Waals surface area contributed by atoms with Crippen molar-refractivity contribution in [2.45, 2.75) is 65.7 Å². The molecule has 0 atom stereocenters. The van der Waals surface area contributed by atoms with E-state index in [4.69, 9.17) is 15.1 Å². The Kier molecular flexibility index (Phi) is 5.53. The number of benzene rings is 1. The van der Waals surface area contributed by atoms with Gasteiger partial charge in [0.15, 0.2) is 11.5 Å². The second kappa shape index (κ2) is 8.67. The van der Waals surface area contributed by atoms with Crippen LogP contribution in [0.2, 0.25) is 0 Å². The number of aryl methyl sites for hydroxylation is 1. The summed E-state index contributed by atoms with van der Waals surface area (Å²) in [5, 5.41) is 14.5. The first-order valence-corrected chi connectivity index (χ1v) is 13.0. The highest BCUT2D eigenvalue weighted by Gasteiger charge is 2.30. The second-order valence-corrected chi connectivity index (χ2v) is 11.6. The summed E-state index contributed by atoms with van der Waals surface area (Å²) >= 11 is 0. The molecule has 2 aliphatic rings. The van der Waals surface area contributed by atoms with E-state index in [-0.39, 0.29) is 11.1 Å². The van der Waals surface area contributed by atoms with Crippen molar-refractivity contribution < 1.29 is 0 Å². The van der Waals surface area contributed by atoms with Crippen LogP contribution in [0.15, 0.2) is 35.1 Å². The fraction of sp³-hybridized carbons (Fsp3) is 0.464. The highest BCUT2D eigenvalue weighted by molar-refractivity contribution is 5.78. The van der Waals surface area contributed by atoms with E-state index in [1.54, 1.807) is 16.2 Å². The van der Waals surface area contributed by atoms with Crippen LogP contribution in [0.1, 0.15) is 62.3 Å². The molecule has 9 heteroatoms. The molecule has 1 aromatic carbocycles. The molecule has 1 aliphatic carbocycles. The zero-order valence-corrected chi connectivity index (χ0v) is 21.9. The molecular formula is C28H32N8O. The summed E-state index contributed by atoms with van der Waals surface area (Å²) in [4.78, 5) is 25.0. The molecule has 4 aromatic rings. The lowest BCUT2D eigenvalue weighted by atomic mass is 9.97. The number of hydrogen-bond donors (Lipinski definition) is 0. The highest BCUT2D eigenvalue weighted by atomic mass is 16.1. The molecule has 9 nitrogen and oxygen atoms in total. The van der Waals surface area contributed by atoms with Crippen LogP contribution in [0.25, 0.3) is 22.4 Å². The van der Waals surface area contributed by atoms with E-state index in [1.807, 2.05) is 24.3 Å². The van der Waals surface area contributed by atoms with Crippen molar-refractivity contribution in [3.05, 3.63) is 63.6 Å². The fourth-order valence-corrected chi connectivity index (χ4v) is 5.16. The van der Waals surface area contributed by atoms with Gasteiger partial charge in [-0.15, -0.1) is 0 Å². The third kappa shape index (κ3) is 4.46. The van der Waals surface area contributed by atoms with Gasteiger partial charge in [-0.05, 0) is 48.1 Å². The van der Waals surface area contributed by atoms with Crippen LogP contribution in [0.3, 0.4) is 0 Å². The maximum atomic E-state index is 13.0. The summed E-state index contributed by atoms with van der Waals surface area (Å²) in [6, 6.07) is 12.1. The van der Waals surface area contributed by atoms with Crippen LogP contribution in [-0.4, -0.2) is 40.3 Å². The van der Waals surface area contributed by atoms with Gasteiger partial charge in [-0.2, -0.15) is 10.4 Å². The van der Waals surface area contributed by atoms with Gasteiger partial charge in [0.1, 0.15) is 5.82 Å². The molecule has 37 heavy (non-hydrogen) atoms. The molecular weight excluding hydrogens is 464 g/mol. The van der Waals surface area contributed by atoms with Crippen molar-refractivity contribution in [2.75, 3.05) is 6.54 Å². The van der Waals surface area contributed by atoms with Gasteiger partial charge in [0, 0.05) is 38.2 Å². The minimum atomic E-state index is -0.0772. The van der Waals surface area contributed by atoms with Gasteiger partial charge in [-0.3, -0.25) is 14.0 Å². The Morgan fingerprint density at radius 2 is 1.92 bits per heavy atom. The summed E-state index contributed by atoms with van der Waals surface area (Å²) in [6.45, 7) is 10.2. The predicted octanol–water partition coefficient (Wildman–Crippen LogP) is 3.80. The third-order valence-electron chi connectivity index (χ3n) is 7.20. The number of nitriles is 1. The lowest BCUT2D eigenvalue weighted by molar-refractivity contribution is 0.201. The normalized spacial score (nSPS) is 16.2. The van der Waals surface area contributed by atoms with E-state index < -0.39 is 0 Å². The van der Waals surface area contributed by atoms with Gasteiger partial charge in [-0.1, -0.05) is 26.8 Å². The van der Waals surface area contributed by atoms with Crippen molar-refractivity contribution in [1.29, 1.82) is 5.26 Å². The first kappa shape index (κ1) is 23.6. The number of rotatable bonds is 5. The van der Waals surface area contributed by atoms with E-state index in [1.165, 1.54) is 12.8 Å². The molecule has 0 bridgehead atoms. The topological polar surface area (TPSA) is 97.6 Å². The fourth-order valence-electron chi connectivity index (χ4n) is 5.16. The molecule has 1 aliphatic heterocycles. The zero-order valence-electron chi connectivity index (χ0n) is 21.9. The van der Waals surface area contributed by atoms with Gasteiger partial charge in [0.2, 0.25) is 0 Å². The van der Waals surface area contributed by atoms with Crippen LogP contribution >= 0.6 is 0 Å². The van der Waals surface area contributed by atoms with E-state index in [0.717, 1.165) is 54.5 Å². The number of aromatic nitrogens is 6. The molecule has 190 valence electrons. The van der Waals surface area contributed by atoms with Gasteiger partial charge < -0.3 is 0 Å². The van der Waals surface area contributed by atoms with Crippen LogP contribution in [-0.2, 0) is 33.2 Å². The Bertz CT molecular complexity index is 1610. The summed E-state index contributed by atoms with van der Waals surface area (Å²) in [6.07, 6.45) is 2.41. The van der Waals surface area contributed by atoms with Gasteiger partial charge >= 0.3 is 5.69 Å². The Hall–Kier alpha value is -3.77. The standard InChI is InChI=1S/C28H32N8O/c1-28(2,3)17-35-23-10-9-22(30-26(23)33(4)27(35)37)21-13-18(5-6-20(21)14-29)15-34-11-12-36-24(16-34)31-25(32-36)19-7-8-19/h5-6,9-10,13,19H,7-8,11-12,15-17H2,1-4H3. The summed E-state index contributed by atoms with van der Waals surface area (Å²) in [5.41, 5.74) is 4.49. The molecule has 3 aromatic heterocycles. The maximum Gasteiger partial charge on any atom is 0.330 e. The molecule has 1 saturated carbocycles. The predicted molar refractivity (Wildman–Crippen MR) is 141 cm³/mol.